The summed E-state index contributed by atoms with van der Waals surface area (Å²) < 4.78 is 25.3. The van der Waals surface area contributed by atoms with E-state index in [1.807, 2.05) is 19.9 Å². The number of aryl methyl sites for hydroxylation is 2. The van der Waals surface area contributed by atoms with Crippen molar-refractivity contribution in [2.45, 2.75) is 26.8 Å². The second kappa shape index (κ2) is 3.03. The Balaban J connectivity index is 2.77. The summed E-state index contributed by atoms with van der Waals surface area (Å²) in [5.41, 5.74) is 1.92. The minimum atomic E-state index is -2.26. The lowest BCUT2D eigenvalue weighted by Crippen LogP contribution is -2.06. The lowest BCUT2D eigenvalue weighted by atomic mass is 10.4. The third kappa shape index (κ3) is 2.03. The molecule has 0 saturated carbocycles. The van der Waals surface area contributed by atoms with Gasteiger partial charge in [-0.3, -0.25) is 0 Å². The first kappa shape index (κ1) is 8.24. The highest BCUT2D eigenvalue weighted by atomic mass is 19.3. The predicted octanol–water partition coefficient (Wildman–Crippen LogP) is 2.37. The van der Waals surface area contributed by atoms with E-state index >= 15 is 0 Å². The van der Waals surface area contributed by atoms with Crippen LogP contribution in [0.15, 0.2) is 12.3 Å². The quantitative estimate of drug-likeness (QED) is 0.624. The van der Waals surface area contributed by atoms with Crippen LogP contribution in [0.25, 0.3) is 0 Å². The zero-order valence-corrected chi connectivity index (χ0v) is 6.64. The van der Waals surface area contributed by atoms with Crippen LogP contribution in [0.2, 0.25) is 0 Å². The van der Waals surface area contributed by atoms with E-state index in [9.17, 15) is 8.78 Å². The van der Waals surface area contributed by atoms with Crippen LogP contribution in [0.3, 0.4) is 0 Å². The van der Waals surface area contributed by atoms with E-state index in [-0.39, 0.29) is 6.54 Å². The average Bonchev–Trinajstić information content (AvgIpc) is 2.09. The van der Waals surface area contributed by atoms with Gasteiger partial charge in [-0.1, -0.05) is 0 Å². The van der Waals surface area contributed by atoms with Crippen LogP contribution >= 0.6 is 0 Å². The lowest BCUT2D eigenvalue weighted by Gasteiger charge is -2.03. The second-order valence-corrected chi connectivity index (χ2v) is 2.70. The number of nitrogens with zero attached hydrogens (tertiary/aromatic N) is 1. The smallest absolute Gasteiger partial charge is 0.256 e. The summed E-state index contributed by atoms with van der Waals surface area (Å²) in [6, 6.07) is 1.89. The number of rotatable bonds is 2. The summed E-state index contributed by atoms with van der Waals surface area (Å²) in [4.78, 5) is 0. The summed E-state index contributed by atoms with van der Waals surface area (Å²) in [6.07, 6.45) is -0.526. The summed E-state index contributed by atoms with van der Waals surface area (Å²) >= 11 is 0. The molecule has 0 spiro atoms. The van der Waals surface area contributed by atoms with Crippen molar-refractivity contribution in [3.8, 4) is 0 Å². The zero-order chi connectivity index (χ0) is 8.43. The van der Waals surface area contributed by atoms with Crippen molar-refractivity contribution in [1.82, 2.24) is 4.57 Å². The van der Waals surface area contributed by atoms with Crippen LogP contribution in [0.4, 0.5) is 8.78 Å². The molecule has 62 valence electrons. The van der Waals surface area contributed by atoms with E-state index in [1.165, 1.54) is 0 Å². The van der Waals surface area contributed by atoms with Crippen molar-refractivity contribution >= 4 is 0 Å². The predicted molar refractivity (Wildman–Crippen MR) is 39.9 cm³/mol. The Bertz CT molecular complexity index is 240. The molecule has 1 nitrogen and oxygen atoms in total. The fourth-order valence-corrected chi connectivity index (χ4v) is 1.14. The number of hydrogen-bond donors (Lipinski definition) is 0. The van der Waals surface area contributed by atoms with E-state index in [0.717, 1.165) is 11.3 Å². The Labute approximate surface area is 64.6 Å². The summed E-state index contributed by atoms with van der Waals surface area (Å²) in [6.45, 7) is 3.53. The van der Waals surface area contributed by atoms with Crippen LogP contribution in [0, 0.1) is 13.8 Å². The van der Waals surface area contributed by atoms with Gasteiger partial charge in [-0.05, 0) is 25.5 Å². The molecule has 1 aromatic rings. The monoisotopic (exact) mass is 159 g/mol. The van der Waals surface area contributed by atoms with Crippen LogP contribution < -0.4 is 0 Å². The van der Waals surface area contributed by atoms with Gasteiger partial charge in [0.1, 0.15) is 0 Å². The van der Waals surface area contributed by atoms with E-state index in [0.29, 0.717) is 0 Å². The van der Waals surface area contributed by atoms with Crippen molar-refractivity contribution in [2.24, 2.45) is 0 Å². The topological polar surface area (TPSA) is 4.93 Å². The molecule has 0 N–H and O–H groups in total. The lowest BCUT2D eigenvalue weighted by molar-refractivity contribution is 0.126. The molecule has 0 aliphatic carbocycles. The second-order valence-electron chi connectivity index (χ2n) is 2.70. The normalized spacial score (nSPS) is 11.0. The number of hydrogen-bond acceptors (Lipinski definition) is 0. The maximum Gasteiger partial charge on any atom is 0.256 e. The third-order valence-corrected chi connectivity index (χ3v) is 1.58. The molecule has 1 aromatic heterocycles. The SMILES string of the molecule is Cc1cc(C)n(CC(F)F)c1. The van der Waals surface area contributed by atoms with E-state index in [1.54, 1.807) is 10.8 Å². The highest BCUT2D eigenvalue weighted by Crippen LogP contribution is 2.08. The van der Waals surface area contributed by atoms with Gasteiger partial charge in [-0.25, -0.2) is 8.78 Å². The number of alkyl halides is 2. The summed E-state index contributed by atoms with van der Waals surface area (Å²) in [7, 11) is 0. The molecule has 0 bridgehead atoms. The molecular formula is C8H11F2N. The van der Waals surface area contributed by atoms with E-state index in [2.05, 4.69) is 0 Å². The van der Waals surface area contributed by atoms with Gasteiger partial charge in [0.25, 0.3) is 6.43 Å². The standard InChI is InChI=1S/C8H11F2N/c1-6-3-7(2)11(4-6)5-8(9)10/h3-4,8H,5H2,1-2H3. The summed E-state index contributed by atoms with van der Waals surface area (Å²) in [5.74, 6) is 0. The maximum atomic E-state index is 11.9. The Kier molecular flexibility index (Phi) is 2.27. The van der Waals surface area contributed by atoms with Crippen LogP contribution in [-0.2, 0) is 6.54 Å². The van der Waals surface area contributed by atoms with Crippen molar-refractivity contribution in [3.63, 3.8) is 0 Å². The zero-order valence-electron chi connectivity index (χ0n) is 6.64. The fourth-order valence-electron chi connectivity index (χ4n) is 1.14. The minimum absolute atomic E-state index is 0.195. The highest BCUT2D eigenvalue weighted by molar-refractivity contribution is 5.15. The molecule has 0 fully saturated rings. The van der Waals surface area contributed by atoms with E-state index in [4.69, 9.17) is 0 Å². The van der Waals surface area contributed by atoms with Crippen molar-refractivity contribution in [2.75, 3.05) is 0 Å². The largest absolute Gasteiger partial charge is 0.346 e. The van der Waals surface area contributed by atoms with Gasteiger partial charge in [0.2, 0.25) is 0 Å². The molecule has 3 heteroatoms. The first-order valence-corrected chi connectivity index (χ1v) is 3.51. The molecule has 0 saturated heterocycles. The van der Waals surface area contributed by atoms with Gasteiger partial charge < -0.3 is 4.57 Å². The van der Waals surface area contributed by atoms with Crippen molar-refractivity contribution < 1.29 is 8.78 Å². The molecule has 0 radical (unpaired) electrons. The van der Waals surface area contributed by atoms with Gasteiger partial charge in [0, 0.05) is 11.9 Å². The Morgan fingerprint density at radius 1 is 1.45 bits per heavy atom. The maximum absolute atomic E-state index is 11.9. The Morgan fingerprint density at radius 3 is 2.45 bits per heavy atom. The minimum Gasteiger partial charge on any atom is -0.346 e. The first-order valence-electron chi connectivity index (χ1n) is 3.51. The van der Waals surface area contributed by atoms with Gasteiger partial charge in [-0.2, -0.15) is 0 Å². The molecule has 0 amide bonds. The van der Waals surface area contributed by atoms with Crippen LogP contribution in [0.5, 0.6) is 0 Å². The van der Waals surface area contributed by atoms with Crippen molar-refractivity contribution in [1.29, 1.82) is 0 Å². The molecule has 11 heavy (non-hydrogen) atoms. The first-order chi connectivity index (χ1) is 5.09. The average molecular weight is 159 g/mol. The molecular weight excluding hydrogens is 148 g/mol. The molecule has 0 atom stereocenters. The molecule has 0 aliphatic rings. The van der Waals surface area contributed by atoms with E-state index < -0.39 is 6.43 Å². The van der Waals surface area contributed by atoms with Crippen molar-refractivity contribution in [3.05, 3.63) is 23.5 Å². The molecule has 1 rings (SSSR count). The Hall–Kier alpha value is -0.860. The Morgan fingerprint density at radius 2 is 2.09 bits per heavy atom. The van der Waals surface area contributed by atoms with Gasteiger partial charge in [0.15, 0.2) is 0 Å². The number of aromatic nitrogens is 1. The highest BCUT2D eigenvalue weighted by Gasteiger charge is 2.05. The molecule has 0 aromatic carbocycles. The number of halogens is 2. The molecule has 0 unspecified atom stereocenters. The fraction of sp³-hybridized carbons (Fsp3) is 0.500. The van der Waals surface area contributed by atoms with Gasteiger partial charge >= 0.3 is 0 Å². The van der Waals surface area contributed by atoms with Gasteiger partial charge in [0.05, 0.1) is 6.54 Å². The molecule has 1 heterocycles. The summed E-state index contributed by atoms with van der Waals surface area (Å²) in [5, 5.41) is 0. The van der Waals surface area contributed by atoms with Gasteiger partial charge in [-0.15, -0.1) is 0 Å². The van der Waals surface area contributed by atoms with Crippen LogP contribution in [0.1, 0.15) is 11.3 Å². The van der Waals surface area contributed by atoms with Crippen LogP contribution in [-0.4, -0.2) is 11.0 Å². The molecule has 0 aliphatic heterocycles. The third-order valence-electron chi connectivity index (χ3n) is 1.58.